The van der Waals surface area contributed by atoms with Gasteiger partial charge in [-0.3, -0.25) is 4.79 Å². The summed E-state index contributed by atoms with van der Waals surface area (Å²) < 4.78 is 0. The molecule has 114 valence electrons. The molecule has 1 aromatic rings. The number of benzene rings is 1. The molecule has 4 heteroatoms. The van der Waals surface area contributed by atoms with Gasteiger partial charge >= 0.3 is 5.97 Å². The number of hydrogen-bond acceptors (Lipinski definition) is 2. The van der Waals surface area contributed by atoms with Gasteiger partial charge < -0.3 is 10.0 Å². The highest BCUT2D eigenvalue weighted by atomic mass is 16.4. The molecule has 1 saturated heterocycles. The predicted octanol–water partition coefficient (Wildman–Crippen LogP) is 2.64. The first-order valence-corrected chi connectivity index (χ1v) is 7.55. The Hall–Kier alpha value is -1.84. The molecule has 0 radical (unpaired) electrons. The van der Waals surface area contributed by atoms with E-state index in [-0.39, 0.29) is 5.91 Å². The normalized spacial score (nSPS) is 22.1. The topological polar surface area (TPSA) is 57.6 Å². The lowest BCUT2D eigenvalue weighted by Gasteiger charge is -2.36. The molecule has 2 rings (SSSR count). The summed E-state index contributed by atoms with van der Waals surface area (Å²) in [7, 11) is 0. The van der Waals surface area contributed by atoms with Gasteiger partial charge in [-0.15, -0.1) is 0 Å². The maximum atomic E-state index is 12.3. The molecule has 0 bridgehead atoms. The van der Waals surface area contributed by atoms with Crippen LogP contribution in [-0.4, -0.2) is 34.5 Å². The number of rotatable bonds is 4. The van der Waals surface area contributed by atoms with E-state index in [2.05, 4.69) is 0 Å². The minimum absolute atomic E-state index is 0.0464. The van der Waals surface area contributed by atoms with Crippen molar-refractivity contribution in [3.63, 3.8) is 0 Å². The molecule has 2 unspecified atom stereocenters. The summed E-state index contributed by atoms with van der Waals surface area (Å²) in [6, 6.07) is 7.45. The van der Waals surface area contributed by atoms with Gasteiger partial charge in [0.1, 0.15) is 6.04 Å². The predicted molar refractivity (Wildman–Crippen MR) is 81.0 cm³/mol. The molecule has 1 aliphatic heterocycles. The van der Waals surface area contributed by atoms with E-state index in [4.69, 9.17) is 0 Å². The number of piperidine rings is 1. The Bertz CT molecular complexity index is 509. The number of hydrogen-bond donors (Lipinski definition) is 1. The SMILES string of the molecule is Cc1ccc(CCC(=O)N2CCC(C)CC2C(=O)O)cc1. The van der Waals surface area contributed by atoms with Crippen molar-refractivity contribution in [1.82, 2.24) is 4.90 Å². The van der Waals surface area contributed by atoms with E-state index in [9.17, 15) is 14.7 Å². The first kappa shape index (κ1) is 15.5. The second-order valence-electron chi connectivity index (χ2n) is 6.06. The molecule has 2 atom stereocenters. The summed E-state index contributed by atoms with van der Waals surface area (Å²) in [6.07, 6.45) is 2.49. The van der Waals surface area contributed by atoms with Gasteiger partial charge in [0.25, 0.3) is 0 Å². The number of amides is 1. The van der Waals surface area contributed by atoms with E-state index in [0.29, 0.717) is 31.7 Å². The summed E-state index contributed by atoms with van der Waals surface area (Å²) in [5.74, 6) is -0.563. The third-order valence-electron chi connectivity index (χ3n) is 4.22. The van der Waals surface area contributed by atoms with Gasteiger partial charge in [-0.1, -0.05) is 36.8 Å². The zero-order valence-electron chi connectivity index (χ0n) is 12.7. The van der Waals surface area contributed by atoms with Crippen molar-refractivity contribution < 1.29 is 14.7 Å². The van der Waals surface area contributed by atoms with Crippen molar-refractivity contribution in [3.8, 4) is 0 Å². The third kappa shape index (κ3) is 4.06. The summed E-state index contributed by atoms with van der Waals surface area (Å²) in [5.41, 5.74) is 2.31. The minimum Gasteiger partial charge on any atom is -0.480 e. The van der Waals surface area contributed by atoms with Crippen LogP contribution < -0.4 is 0 Å². The van der Waals surface area contributed by atoms with Crippen molar-refractivity contribution in [2.45, 2.75) is 45.6 Å². The average molecular weight is 289 g/mol. The molecule has 1 fully saturated rings. The molecule has 1 amide bonds. The van der Waals surface area contributed by atoms with Crippen LogP contribution >= 0.6 is 0 Å². The first-order chi connectivity index (χ1) is 9.97. The Morgan fingerprint density at radius 2 is 1.95 bits per heavy atom. The number of carbonyl (C=O) groups is 2. The van der Waals surface area contributed by atoms with Crippen molar-refractivity contribution in [2.24, 2.45) is 5.92 Å². The standard InChI is InChI=1S/C17H23NO3/c1-12-3-5-14(6-4-12)7-8-16(19)18-10-9-13(2)11-15(18)17(20)21/h3-6,13,15H,7-11H2,1-2H3,(H,20,21). The van der Waals surface area contributed by atoms with Crippen LogP contribution in [0.25, 0.3) is 0 Å². The summed E-state index contributed by atoms with van der Waals surface area (Å²) >= 11 is 0. The molecule has 0 aromatic heterocycles. The van der Waals surface area contributed by atoms with Crippen LogP contribution in [-0.2, 0) is 16.0 Å². The fraction of sp³-hybridized carbons (Fsp3) is 0.529. The van der Waals surface area contributed by atoms with E-state index < -0.39 is 12.0 Å². The van der Waals surface area contributed by atoms with Gasteiger partial charge in [0.05, 0.1) is 0 Å². The van der Waals surface area contributed by atoms with E-state index in [1.807, 2.05) is 38.1 Å². The van der Waals surface area contributed by atoms with Crippen LogP contribution in [0.3, 0.4) is 0 Å². The summed E-state index contributed by atoms with van der Waals surface area (Å²) in [4.78, 5) is 25.2. The van der Waals surface area contributed by atoms with Crippen LogP contribution in [0.2, 0.25) is 0 Å². The molecular weight excluding hydrogens is 266 g/mol. The Labute approximate surface area is 125 Å². The zero-order chi connectivity index (χ0) is 15.4. The fourth-order valence-electron chi connectivity index (χ4n) is 2.82. The maximum absolute atomic E-state index is 12.3. The molecule has 0 saturated carbocycles. The van der Waals surface area contributed by atoms with Crippen LogP contribution in [0.1, 0.15) is 37.3 Å². The lowest BCUT2D eigenvalue weighted by atomic mass is 9.92. The van der Waals surface area contributed by atoms with Crippen molar-refractivity contribution in [1.29, 1.82) is 0 Å². The van der Waals surface area contributed by atoms with E-state index in [0.717, 1.165) is 12.0 Å². The summed E-state index contributed by atoms with van der Waals surface area (Å²) in [5, 5.41) is 9.30. The highest BCUT2D eigenvalue weighted by Gasteiger charge is 2.34. The Morgan fingerprint density at radius 1 is 1.29 bits per heavy atom. The number of nitrogens with zero attached hydrogens (tertiary/aromatic N) is 1. The number of carboxylic acids is 1. The van der Waals surface area contributed by atoms with Crippen molar-refractivity contribution in [3.05, 3.63) is 35.4 Å². The molecule has 1 aliphatic rings. The number of aliphatic carboxylic acids is 1. The van der Waals surface area contributed by atoms with E-state index in [1.165, 1.54) is 5.56 Å². The minimum atomic E-state index is -0.884. The Kier molecular flexibility index (Phi) is 4.99. The van der Waals surface area contributed by atoms with Crippen LogP contribution in [0.4, 0.5) is 0 Å². The molecular formula is C17H23NO3. The molecule has 1 aromatic carbocycles. The molecule has 1 N–H and O–H groups in total. The van der Waals surface area contributed by atoms with E-state index in [1.54, 1.807) is 4.90 Å². The van der Waals surface area contributed by atoms with Crippen LogP contribution in [0, 0.1) is 12.8 Å². The first-order valence-electron chi connectivity index (χ1n) is 7.55. The number of carbonyl (C=O) groups excluding carboxylic acids is 1. The zero-order valence-corrected chi connectivity index (χ0v) is 12.7. The van der Waals surface area contributed by atoms with Gasteiger partial charge in [0, 0.05) is 13.0 Å². The smallest absolute Gasteiger partial charge is 0.326 e. The van der Waals surface area contributed by atoms with Gasteiger partial charge in [0.15, 0.2) is 0 Å². The number of carboxylic acid groups (broad SMARTS) is 1. The van der Waals surface area contributed by atoms with Gasteiger partial charge in [0.2, 0.25) is 5.91 Å². The second-order valence-corrected chi connectivity index (χ2v) is 6.06. The van der Waals surface area contributed by atoms with Gasteiger partial charge in [-0.2, -0.15) is 0 Å². The molecule has 0 aliphatic carbocycles. The Balaban J connectivity index is 1.95. The van der Waals surface area contributed by atoms with Gasteiger partial charge in [-0.25, -0.2) is 4.79 Å². The van der Waals surface area contributed by atoms with Crippen molar-refractivity contribution in [2.75, 3.05) is 6.54 Å². The molecule has 4 nitrogen and oxygen atoms in total. The number of likely N-dealkylation sites (tertiary alicyclic amines) is 1. The highest BCUT2D eigenvalue weighted by Crippen LogP contribution is 2.23. The lowest BCUT2D eigenvalue weighted by Crippen LogP contribution is -2.49. The lowest BCUT2D eigenvalue weighted by molar-refractivity contribution is -0.153. The van der Waals surface area contributed by atoms with Crippen LogP contribution in [0.15, 0.2) is 24.3 Å². The quantitative estimate of drug-likeness (QED) is 0.927. The largest absolute Gasteiger partial charge is 0.480 e. The molecule has 21 heavy (non-hydrogen) atoms. The monoisotopic (exact) mass is 289 g/mol. The molecule has 1 heterocycles. The highest BCUT2D eigenvalue weighted by molar-refractivity contribution is 5.84. The van der Waals surface area contributed by atoms with Crippen molar-refractivity contribution >= 4 is 11.9 Å². The maximum Gasteiger partial charge on any atom is 0.326 e. The molecule has 0 spiro atoms. The second kappa shape index (κ2) is 6.74. The Morgan fingerprint density at radius 3 is 2.57 bits per heavy atom. The number of aryl methyl sites for hydroxylation is 2. The van der Waals surface area contributed by atoms with Crippen LogP contribution in [0.5, 0.6) is 0 Å². The summed E-state index contributed by atoms with van der Waals surface area (Å²) in [6.45, 7) is 4.64. The van der Waals surface area contributed by atoms with Gasteiger partial charge in [-0.05, 0) is 37.7 Å². The van der Waals surface area contributed by atoms with E-state index >= 15 is 0 Å². The third-order valence-corrected chi connectivity index (χ3v) is 4.22. The average Bonchev–Trinajstić information content (AvgIpc) is 2.46. The fourth-order valence-corrected chi connectivity index (χ4v) is 2.82.